The van der Waals surface area contributed by atoms with Gasteiger partial charge in [0.05, 0.1) is 0 Å². The number of aryl methyl sites for hydroxylation is 1. The van der Waals surface area contributed by atoms with Crippen LogP contribution in [0.5, 0.6) is 0 Å². The second-order valence-corrected chi connectivity index (χ2v) is 5.71. The van der Waals surface area contributed by atoms with Gasteiger partial charge in [-0.05, 0) is 31.2 Å². The molecule has 0 saturated heterocycles. The Morgan fingerprint density at radius 3 is 2.63 bits per heavy atom. The molecule has 4 aromatic rings. The molecule has 0 spiro atoms. The Balaban J connectivity index is 1.44. The summed E-state index contributed by atoms with van der Waals surface area (Å²) in [4.78, 5) is 24.5. The Hall–Kier alpha value is -4.01. The smallest absolute Gasteiger partial charge is 0.277 e. The first-order valence-electron chi connectivity index (χ1n) is 8.09. The zero-order valence-corrected chi connectivity index (χ0v) is 14.3. The van der Waals surface area contributed by atoms with Crippen molar-refractivity contribution in [1.82, 2.24) is 24.7 Å². The van der Waals surface area contributed by atoms with Gasteiger partial charge in [0.2, 0.25) is 0 Å². The molecule has 0 radical (unpaired) electrons. The van der Waals surface area contributed by atoms with Crippen LogP contribution >= 0.6 is 0 Å². The van der Waals surface area contributed by atoms with Crippen molar-refractivity contribution in [1.29, 1.82) is 0 Å². The highest BCUT2D eigenvalue weighted by Crippen LogP contribution is 2.19. The van der Waals surface area contributed by atoms with Crippen molar-refractivity contribution in [3.8, 4) is 5.82 Å². The lowest BCUT2D eigenvalue weighted by Gasteiger charge is -2.08. The summed E-state index contributed by atoms with van der Waals surface area (Å²) < 4.78 is 6.70. The summed E-state index contributed by atoms with van der Waals surface area (Å²) in [5.41, 5.74) is 1.70. The first kappa shape index (κ1) is 16.5. The van der Waals surface area contributed by atoms with Crippen LogP contribution in [0.15, 0.2) is 66.0 Å². The van der Waals surface area contributed by atoms with E-state index in [0.717, 1.165) is 5.69 Å². The third-order valence-corrected chi connectivity index (χ3v) is 3.70. The Labute approximate surface area is 154 Å². The SMILES string of the molecule is Cc1cc(C(=O)Nc2ccc(Nc3cc(-n4ccnc4)ncn3)cc2)no1. The molecule has 0 aliphatic rings. The highest BCUT2D eigenvalue weighted by Gasteiger charge is 2.11. The van der Waals surface area contributed by atoms with Gasteiger partial charge in [0, 0.05) is 35.9 Å². The van der Waals surface area contributed by atoms with Crippen molar-refractivity contribution in [2.24, 2.45) is 0 Å². The van der Waals surface area contributed by atoms with Gasteiger partial charge in [0.25, 0.3) is 5.91 Å². The van der Waals surface area contributed by atoms with Crippen molar-refractivity contribution in [2.75, 3.05) is 10.6 Å². The molecule has 0 aliphatic heterocycles. The number of anilines is 3. The average Bonchev–Trinajstić information content (AvgIpc) is 3.35. The fraction of sp³-hybridized carbons (Fsp3) is 0.0556. The highest BCUT2D eigenvalue weighted by atomic mass is 16.5. The molecule has 3 heterocycles. The first-order valence-corrected chi connectivity index (χ1v) is 8.09. The standard InChI is InChI=1S/C18H15N7O2/c1-12-8-15(24-27-12)18(26)23-14-4-2-13(3-5-14)22-16-9-17(21-10-20-16)25-7-6-19-11-25/h2-11H,1H3,(H,23,26)(H,20,21,22). The molecule has 0 atom stereocenters. The fourth-order valence-corrected chi connectivity index (χ4v) is 2.40. The molecule has 0 saturated carbocycles. The van der Waals surface area contributed by atoms with Gasteiger partial charge in [-0.2, -0.15) is 0 Å². The van der Waals surface area contributed by atoms with Gasteiger partial charge in [0.1, 0.15) is 30.1 Å². The van der Waals surface area contributed by atoms with E-state index in [2.05, 4.69) is 30.7 Å². The van der Waals surface area contributed by atoms with Crippen LogP contribution in [-0.4, -0.2) is 30.6 Å². The molecule has 9 heteroatoms. The number of amides is 1. The Morgan fingerprint density at radius 2 is 1.93 bits per heavy atom. The summed E-state index contributed by atoms with van der Waals surface area (Å²) in [6, 6.07) is 10.6. The summed E-state index contributed by atoms with van der Waals surface area (Å²) >= 11 is 0. The molecule has 4 rings (SSSR count). The van der Waals surface area contributed by atoms with Crippen LogP contribution in [0.2, 0.25) is 0 Å². The number of hydrogen-bond acceptors (Lipinski definition) is 7. The molecule has 134 valence electrons. The van der Waals surface area contributed by atoms with Gasteiger partial charge in [-0.3, -0.25) is 9.36 Å². The third kappa shape index (κ3) is 3.82. The summed E-state index contributed by atoms with van der Waals surface area (Å²) in [5, 5.41) is 9.66. The number of imidazole rings is 1. The number of hydrogen-bond donors (Lipinski definition) is 2. The van der Waals surface area contributed by atoms with Gasteiger partial charge in [0.15, 0.2) is 5.69 Å². The predicted octanol–water partition coefficient (Wildman–Crippen LogP) is 2.95. The highest BCUT2D eigenvalue weighted by molar-refractivity contribution is 6.02. The van der Waals surface area contributed by atoms with E-state index in [0.29, 0.717) is 23.1 Å². The van der Waals surface area contributed by atoms with E-state index in [9.17, 15) is 4.79 Å². The van der Waals surface area contributed by atoms with Gasteiger partial charge >= 0.3 is 0 Å². The van der Waals surface area contributed by atoms with Crippen LogP contribution in [0.4, 0.5) is 17.2 Å². The van der Waals surface area contributed by atoms with Gasteiger partial charge in [-0.25, -0.2) is 15.0 Å². The molecule has 27 heavy (non-hydrogen) atoms. The predicted molar refractivity (Wildman–Crippen MR) is 98.1 cm³/mol. The fourth-order valence-electron chi connectivity index (χ4n) is 2.40. The topological polar surface area (TPSA) is 111 Å². The van der Waals surface area contributed by atoms with Gasteiger partial charge in [-0.1, -0.05) is 5.16 Å². The van der Waals surface area contributed by atoms with Crippen LogP contribution in [0, 0.1) is 6.92 Å². The van der Waals surface area contributed by atoms with Crippen LogP contribution in [0.25, 0.3) is 5.82 Å². The van der Waals surface area contributed by atoms with Crippen LogP contribution < -0.4 is 10.6 Å². The van der Waals surface area contributed by atoms with Gasteiger partial charge in [-0.15, -0.1) is 0 Å². The lowest BCUT2D eigenvalue weighted by molar-refractivity contribution is 0.101. The molecule has 3 aromatic heterocycles. The number of nitrogens with one attached hydrogen (secondary N) is 2. The van der Waals surface area contributed by atoms with E-state index in [-0.39, 0.29) is 11.6 Å². The summed E-state index contributed by atoms with van der Waals surface area (Å²) in [6.07, 6.45) is 6.63. The average molecular weight is 361 g/mol. The number of benzene rings is 1. The lowest BCUT2D eigenvalue weighted by atomic mass is 10.2. The molecular weight excluding hydrogens is 346 g/mol. The maximum Gasteiger partial charge on any atom is 0.277 e. The maximum atomic E-state index is 12.1. The molecule has 2 N–H and O–H groups in total. The van der Waals surface area contributed by atoms with E-state index in [4.69, 9.17) is 4.52 Å². The van der Waals surface area contributed by atoms with Crippen molar-refractivity contribution < 1.29 is 9.32 Å². The summed E-state index contributed by atoms with van der Waals surface area (Å²) in [5.74, 6) is 1.60. The molecule has 0 aliphatic carbocycles. The van der Waals surface area contributed by atoms with E-state index >= 15 is 0 Å². The molecule has 0 bridgehead atoms. The van der Waals surface area contributed by atoms with E-state index < -0.39 is 0 Å². The van der Waals surface area contributed by atoms with Crippen molar-refractivity contribution in [2.45, 2.75) is 6.92 Å². The third-order valence-electron chi connectivity index (χ3n) is 3.70. The molecule has 0 unspecified atom stereocenters. The van der Waals surface area contributed by atoms with E-state index in [1.54, 1.807) is 48.4 Å². The Bertz CT molecular complexity index is 1060. The molecular formula is C18H15N7O2. The summed E-state index contributed by atoms with van der Waals surface area (Å²) in [7, 11) is 0. The molecule has 0 fully saturated rings. The largest absolute Gasteiger partial charge is 0.361 e. The van der Waals surface area contributed by atoms with E-state index in [1.807, 2.05) is 18.2 Å². The normalized spacial score (nSPS) is 10.6. The molecule has 9 nitrogen and oxygen atoms in total. The Kier molecular flexibility index (Phi) is 4.32. The number of aromatic nitrogens is 5. The lowest BCUT2D eigenvalue weighted by Crippen LogP contribution is -2.12. The Morgan fingerprint density at radius 1 is 1.11 bits per heavy atom. The summed E-state index contributed by atoms with van der Waals surface area (Å²) in [6.45, 7) is 1.73. The van der Waals surface area contributed by atoms with Crippen molar-refractivity contribution in [3.05, 3.63) is 72.9 Å². The minimum Gasteiger partial charge on any atom is -0.361 e. The minimum atomic E-state index is -0.326. The number of carbonyl (C=O) groups is 1. The quantitative estimate of drug-likeness (QED) is 0.562. The maximum absolute atomic E-state index is 12.1. The van der Waals surface area contributed by atoms with E-state index in [1.165, 1.54) is 6.33 Å². The van der Waals surface area contributed by atoms with Crippen LogP contribution in [0.3, 0.4) is 0 Å². The second kappa shape index (κ2) is 7.08. The van der Waals surface area contributed by atoms with Crippen LogP contribution in [0.1, 0.15) is 16.2 Å². The minimum absolute atomic E-state index is 0.239. The van der Waals surface area contributed by atoms with Crippen molar-refractivity contribution in [3.63, 3.8) is 0 Å². The van der Waals surface area contributed by atoms with Crippen LogP contribution in [-0.2, 0) is 0 Å². The zero-order chi connectivity index (χ0) is 18.6. The van der Waals surface area contributed by atoms with Gasteiger partial charge < -0.3 is 15.2 Å². The number of rotatable bonds is 5. The molecule has 1 amide bonds. The number of nitrogens with zero attached hydrogens (tertiary/aromatic N) is 5. The zero-order valence-electron chi connectivity index (χ0n) is 14.3. The van der Waals surface area contributed by atoms with Crippen molar-refractivity contribution >= 4 is 23.1 Å². The monoisotopic (exact) mass is 361 g/mol. The first-order chi connectivity index (χ1) is 13.2. The second-order valence-electron chi connectivity index (χ2n) is 5.71. The number of carbonyl (C=O) groups excluding carboxylic acids is 1. The molecule has 1 aromatic carbocycles.